The molecule has 0 aromatic heterocycles. The minimum atomic E-state index is -3.72. The van der Waals surface area contributed by atoms with Gasteiger partial charge in [0, 0.05) is 23.8 Å². The minimum absolute atomic E-state index is 0.0907. The van der Waals surface area contributed by atoms with E-state index in [0.717, 1.165) is 0 Å². The number of hydrogen-bond acceptors (Lipinski definition) is 5. The van der Waals surface area contributed by atoms with Gasteiger partial charge in [0.15, 0.2) is 0 Å². The molecule has 0 saturated carbocycles. The van der Waals surface area contributed by atoms with Crippen molar-refractivity contribution in [3.8, 4) is 0 Å². The van der Waals surface area contributed by atoms with Gasteiger partial charge < -0.3 is 10.1 Å². The zero-order chi connectivity index (χ0) is 22.6. The van der Waals surface area contributed by atoms with E-state index in [9.17, 15) is 18.0 Å². The molecule has 2 aromatic carbocycles. The second kappa shape index (κ2) is 9.80. The first-order valence-electron chi connectivity index (χ1n) is 10.1. The van der Waals surface area contributed by atoms with Gasteiger partial charge in [-0.15, -0.1) is 0 Å². The highest BCUT2D eigenvalue weighted by Gasteiger charge is 2.33. The van der Waals surface area contributed by atoms with Crippen LogP contribution < -0.4 is 5.32 Å². The highest BCUT2D eigenvalue weighted by atomic mass is 35.5. The Balaban J connectivity index is 1.74. The van der Waals surface area contributed by atoms with Crippen molar-refractivity contribution in [3.05, 3.63) is 58.6 Å². The number of sulfonamides is 1. The van der Waals surface area contributed by atoms with Crippen molar-refractivity contribution in [2.24, 2.45) is 5.92 Å². The van der Waals surface area contributed by atoms with Crippen LogP contribution in [0.2, 0.25) is 5.02 Å². The molecule has 1 fully saturated rings. The predicted molar refractivity (Wildman–Crippen MR) is 119 cm³/mol. The molecule has 0 spiro atoms. The first-order chi connectivity index (χ1) is 14.7. The Bertz CT molecular complexity index is 1070. The number of carbonyl (C=O) groups is 2. The molecule has 7 nitrogen and oxygen atoms in total. The van der Waals surface area contributed by atoms with Crippen LogP contribution in [0.5, 0.6) is 0 Å². The number of hydrogen-bond donors (Lipinski definition) is 1. The van der Waals surface area contributed by atoms with E-state index in [2.05, 4.69) is 5.32 Å². The van der Waals surface area contributed by atoms with E-state index >= 15 is 0 Å². The topological polar surface area (TPSA) is 92.8 Å². The number of carbonyl (C=O) groups excluding carboxylic acids is 2. The molecular weight excluding hydrogens is 440 g/mol. The van der Waals surface area contributed by atoms with Crippen molar-refractivity contribution in [2.45, 2.75) is 31.6 Å². The molecule has 1 N–H and O–H groups in total. The Morgan fingerprint density at radius 3 is 2.58 bits per heavy atom. The summed E-state index contributed by atoms with van der Waals surface area (Å²) in [5.74, 6) is -1.23. The molecule has 0 bridgehead atoms. The number of nitrogens with one attached hydrogen (secondary N) is 1. The molecule has 0 aliphatic carbocycles. The van der Waals surface area contributed by atoms with Gasteiger partial charge in [-0.05, 0) is 68.7 Å². The third kappa shape index (κ3) is 5.26. The molecule has 1 aliphatic rings. The van der Waals surface area contributed by atoms with Crippen LogP contribution in [0.25, 0.3) is 0 Å². The lowest BCUT2D eigenvalue weighted by Crippen LogP contribution is -2.43. The quantitative estimate of drug-likeness (QED) is 0.655. The summed E-state index contributed by atoms with van der Waals surface area (Å²) in [5.41, 5.74) is 1.50. The van der Waals surface area contributed by atoms with E-state index in [0.29, 0.717) is 41.2 Å². The minimum Gasteiger partial charge on any atom is -0.462 e. The van der Waals surface area contributed by atoms with Gasteiger partial charge in [-0.3, -0.25) is 4.79 Å². The molecule has 3 rings (SSSR count). The predicted octanol–water partition coefficient (Wildman–Crippen LogP) is 3.86. The maximum absolute atomic E-state index is 13.0. The average Bonchev–Trinajstić information content (AvgIpc) is 2.75. The number of esters is 1. The third-order valence-electron chi connectivity index (χ3n) is 5.29. The number of piperidine rings is 1. The lowest BCUT2D eigenvalue weighted by molar-refractivity contribution is -0.120. The number of amides is 1. The van der Waals surface area contributed by atoms with Crippen molar-refractivity contribution < 1.29 is 22.7 Å². The Kier molecular flexibility index (Phi) is 7.35. The van der Waals surface area contributed by atoms with Crippen LogP contribution in [0.4, 0.5) is 5.69 Å². The summed E-state index contributed by atoms with van der Waals surface area (Å²) in [6.45, 7) is 4.17. The van der Waals surface area contributed by atoms with Crippen molar-refractivity contribution >= 4 is 39.2 Å². The summed E-state index contributed by atoms with van der Waals surface area (Å²) in [4.78, 5) is 25.2. The Morgan fingerprint density at radius 2 is 1.90 bits per heavy atom. The molecule has 31 heavy (non-hydrogen) atoms. The number of rotatable bonds is 6. The fourth-order valence-electron chi connectivity index (χ4n) is 3.57. The van der Waals surface area contributed by atoms with E-state index in [-0.39, 0.29) is 24.0 Å². The van der Waals surface area contributed by atoms with Crippen molar-refractivity contribution in [2.75, 3.05) is 25.0 Å². The molecule has 1 heterocycles. The molecule has 9 heteroatoms. The lowest BCUT2D eigenvalue weighted by Gasteiger charge is -2.31. The molecule has 1 unspecified atom stereocenters. The van der Waals surface area contributed by atoms with Crippen LogP contribution in [0.3, 0.4) is 0 Å². The summed E-state index contributed by atoms with van der Waals surface area (Å²) >= 11 is 5.86. The summed E-state index contributed by atoms with van der Waals surface area (Å²) in [6.07, 6.45) is 1.15. The summed E-state index contributed by atoms with van der Waals surface area (Å²) < 4.78 is 32.3. The highest BCUT2D eigenvalue weighted by molar-refractivity contribution is 7.89. The summed E-state index contributed by atoms with van der Waals surface area (Å²) in [6, 6.07) is 11.0. The van der Waals surface area contributed by atoms with E-state index in [1.165, 1.54) is 28.6 Å². The highest BCUT2D eigenvalue weighted by Crippen LogP contribution is 2.27. The molecule has 2 aromatic rings. The van der Waals surface area contributed by atoms with Crippen LogP contribution in [-0.4, -0.2) is 44.3 Å². The maximum atomic E-state index is 13.0. The molecule has 1 atom stereocenters. The van der Waals surface area contributed by atoms with Gasteiger partial charge in [-0.1, -0.05) is 17.7 Å². The van der Waals surface area contributed by atoms with Gasteiger partial charge in [-0.25, -0.2) is 13.2 Å². The molecule has 166 valence electrons. The van der Waals surface area contributed by atoms with Crippen molar-refractivity contribution in [1.29, 1.82) is 0 Å². The van der Waals surface area contributed by atoms with Gasteiger partial charge in [0.05, 0.1) is 23.0 Å². The van der Waals surface area contributed by atoms with E-state index < -0.39 is 21.9 Å². The monoisotopic (exact) mass is 464 g/mol. The van der Waals surface area contributed by atoms with Gasteiger partial charge in [0.1, 0.15) is 0 Å². The standard InChI is InChI=1S/C22H25ClN2O5S/c1-3-30-22(27)19-7-4-8-20(15(19)2)24-21(26)16-6-5-13-25(14-16)31(28,29)18-11-9-17(23)10-12-18/h4,7-12,16H,3,5-6,13-14H2,1-2H3,(H,24,26). The first kappa shape index (κ1) is 23.2. The SMILES string of the molecule is CCOC(=O)c1cccc(NC(=O)C2CCCN(S(=O)(=O)c3ccc(Cl)cc3)C2)c1C. The first-order valence-corrected chi connectivity index (χ1v) is 11.9. The fourth-order valence-corrected chi connectivity index (χ4v) is 5.22. The van der Waals surface area contributed by atoms with Crippen molar-refractivity contribution in [3.63, 3.8) is 0 Å². The molecule has 0 radical (unpaired) electrons. The summed E-state index contributed by atoms with van der Waals surface area (Å²) in [7, 11) is -3.72. The number of ether oxygens (including phenoxy) is 1. The molecular formula is C22H25ClN2O5S. The van der Waals surface area contributed by atoms with Gasteiger partial charge in [-0.2, -0.15) is 4.31 Å². The Hall–Kier alpha value is -2.42. The van der Waals surface area contributed by atoms with Crippen LogP contribution in [0.15, 0.2) is 47.4 Å². The largest absolute Gasteiger partial charge is 0.462 e. The molecule has 1 aliphatic heterocycles. The third-order valence-corrected chi connectivity index (χ3v) is 7.42. The van der Waals surface area contributed by atoms with E-state index in [1.54, 1.807) is 32.0 Å². The summed E-state index contributed by atoms with van der Waals surface area (Å²) in [5, 5.41) is 3.30. The van der Waals surface area contributed by atoms with Crippen LogP contribution in [0.1, 0.15) is 35.7 Å². The van der Waals surface area contributed by atoms with Crippen LogP contribution >= 0.6 is 11.6 Å². The van der Waals surface area contributed by atoms with Gasteiger partial charge in [0.2, 0.25) is 15.9 Å². The van der Waals surface area contributed by atoms with Crippen LogP contribution in [0, 0.1) is 12.8 Å². The second-order valence-electron chi connectivity index (χ2n) is 7.34. The van der Waals surface area contributed by atoms with Gasteiger partial charge in [0.25, 0.3) is 0 Å². The number of benzene rings is 2. The Morgan fingerprint density at radius 1 is 1.19 bits per heavy atom. The average molecular weight is 465 g/mol. The normalized spacial score (nSPS) is 17.2. The lowest BCUT2D eigenvalue weighted by atomic mass is 9.98. The number of halogens is 1. The maximum Gasteiger partial charge on any atom is 0.338 e. The molecule has 1 amide bonds. The Labute approximate surface area is 187 Å². The fraction of sp³-hybridized carbons (Fsp3) is 0.364. The zero-order valence-electron chi connectivity index (χ0n) is 17.4. The molecule has 1 saturated heterocycles. The van der Waals surface area contributed by atoms with Gasteiger partial charge >= 0.3 is 5.97 Å². The smallest absolute Gasteiger partial charge is 0.338 e. The van der Waals surface area contributed by atoms with E-state index in [4.69, 9.17) is 16.3 Å². The second-order valence-corrected chi connectivity index (χ2v) is 9.72. The zero-order valence-corrected chi connectivity index (χ0v) is 19.0. The van der Waals surface area contributed by atoms with Crippen molar-refractivity contribution in [1.82, 2.24) is 4.31 Å². The number of anilines is 1. The van der Waals surface area contributed by atoms with Crippen LogP contribution in [-0.2, 0) is 19.6 Å². The van der Waals surface area contributed by atoms with E-state index in [1.807, 2.05) is 0 Å². The number of nitrogens with zero attached hydrogens (tertiary/aromatic N) is 1.